The maximum Gasteiger partial charge on any atom is 0.460 e. The first-order valence-electron chi connectivity index (χ1n) is 5.37. The molecule has 0 aliphatic carbocycles. The molecule has 0 atom stereocenters. The quantitative estimate of drug-likeness (QED) is 0.798. The van der Waals surface area contributed by atoms with E-state index in [2.05, 4.69) is 5.10 Å². The van der Waals surface area contributed by atoms with Crippen LogP contribution in [-0.2, 0) is 18.4 Å². The highest BCUT2D eigenvalue weighted by Gasteiger charge is 2.76. The van der Waals surface area contributed by atoms with Gasteiger partial charge in [0, 0.05) is 20.3 Å². The van der Waals surface area contributed by atoms with Crippen molar-refractivity contribution in [2.45, 2.75) is 24.6 Å². The molecule has 0 aliphatic heterocycles. The third-order valence-electron chi connectivity index (χ3n) is 2.69. The Morgan fingerprint density at radius 3 is 2.14 bits per heavy atom. The molecule has 1 rings (SSSR count). The molecule has 21 heavy (non-hydrogen) atoms. The maximum atomic E-state index is 13.2. The predicted molar refractivity (Wildman–Crippen MR) is 55.6 cm³/mol. The summed E-state index contributed by atoms with van der Waals surface area (Å²) >= 11 is 0. The van der Waals surface area contributed by atoms with Crippen molar-refractivity contribution in [3.63, 3.8) is 0 Å². The zero-order valence-electron chi connectivity index (χ0n) is 10.8. The van der Waals surface area contributed by atoms with Gasteiger partial charge in [-0.1, -0.05) is 0 Å². The fourth-order valence-electron chi connectivity index (χ4n) is 1.42. The molecule has 1 aromatic rings. The fourth-order valence-corrected chi connectivity index (χ4v) is 1.42. The van der Waals surface area contributed by atoms with E-state index in [-0.39, 0.29) is 10.6 Å². The molecule has 11 heteroatoms. The monoisotopic (exact) mass is 321 g/mol. The van der Waals surface area contributed by atoms with Crippen LogP contribution in [0.5, 0.6) is 0 Å². The zero-order chi connectivity index (χ0) is 16.6. The Bertz CT molecular complexity index is 523. The highest BCUT2D eigenvalue weighted by molar-refractivity contribution is 5.84. The average Bonchev–Trinajstić information content (AvgIpc) is 2.72. The standard InChI is InChI=1S/C10H10F7N3O/c1-19(5-6-3-4-18-20(6)2)7(21)8(11,12)9(13,14)10(15,16)17/h3-4H,5H2,1-2H3. The third-order valence-corrected chi connectivity index (χ3v) is 2.69. The molecule has 0 aliphatic rings. The van der Waals surface area contributed by atoms with Crippen molar-refractivity contribution < 1.29 is 35.5 Å². The van der Waals surface area contributed by atoms with Gasteiger partial charge < -0.3 is 4.90 Å². The van der Waals surface area contributed by atoms with Crippen molar-refractivity contribution in [1.29, 1.82) is 0 Å². The number of carbonyl (C=O) groups excluding carboxylic acids is 1. The van der Waals surface area contributed by atoms with Gasteiger partial charge in [0.15, 0.2) is 0 Å². The van der Waals surface area contributed by atoms with Gasteiger partial charge in [0.05, 0.1) is 12.2 Å². The molecule has 0 fully saturated rings. The molecule has 0 spiro atoms. The van der Waals surface area contributed by atoms with Crippen LogP contribution in [0.2, 0.25) is 0 Å². The van der Waals surface area contributed by atoms with E-state index in [1.165, 1.54) is 19.3 Å². The van der Waals surface area contributed by atoms with Gasteiger partial charge in [-0.15, -0.1) is 0 Å². The van der Waals surface area contributed by atoms with E-state index in [0.717, 1.165) is 4.68 Å². The molecule has 4 nitrogen and oxygen atoms in total. The molecular weight excluding hydrogens is 311 g/mol. The molecule has 1 aromatic heterocycles. The largest absolute Gasteiger partial charge is 0.460 e. The van der Waals surface area contributed by atoms with Crippen molar-refractivity contribution in [3.8, 4) is 0 Å². The van der Waals surface area contributed by atoms with Crippen LogP contribution in [0.3, 0.4) is 0 Å². The Morgan fingerprint density at radius 1 is 1.24 bits per heavy atom. The van der Waals surface area contributed by atoms with Gasteiger partial charge in [-0.2, -0.15) is 35.8 Å². The highest BCUT2D eigenvalue weighted by Crippen LogP contribution is 2.47. The number of hydrogen-bond donors (Lipinski definition) is 0. The number of aryl methyl sites for hydroxylation is 1. The third kappa shape index (κ3) is 2.95. The van der Waals surface area contributed by atoms with Crippen LogP contribution in [0.15, 0.2) is 12.3 Å². The van der Waals surface area contributed by atoms with Crippen LogP contribution in [0.1, 0.15) is 5.69 Å². The van der Waals surface area contributed by atoms with E-state index in [9.17, 15) is 35.5 Å². The molecule has 0 bridgehead atoms. The molecular formula is C10H10F7N3O. The van der Waals surface area contributed by atoms with Crippen molar-refractivity contribution in [3.05, 3.63) is 18.0 Å². The lowest BCUT2D eigenvalue weighted by Gasteiger charge is -2.30. The van der Waals surface area contributed by atoms with Crippen LogP contribution >= 0.6 is 0 Å². The lowest BCUT2D eigenvalue weighted by molar-refractivity contribution is -0.345. The Kier molecular flexibility index (Phi) is 4.26. The smallest absolute Gasteiger partial charge is 0.334 e. The molecule has 1 heterocycles. The minimum Gasteiger partial charge on any atom is -0.334 e. The van der Waals surface area contributed by atoms with Crippen LogP contribution in [0.4, 0.5) is 30.7 Å². The summed E-state index contributed by atoms with van der Waals surface area (Å²) in [5.74, 6) is -15.0. The van der Waals surface area contributed by atoms with Gasteiger partial charge in [0.2, 0.25) is 0 Å². The summed E-state index contributed by atoms with van der Waals surface area (Å²) < 4.78 is 88.9. The summed E-state index contributed by atoms with van der Waals surface area (Å²) in [5.41, 5.74) is 0.178. The number of amides is 1. The van der Waals surface area contributed by atoms with Gasteiger partial charge in [0.1, 0.15) is 0 Å². The van der Waals surface area contributed by atoms with Crippen LogP contribution in [0, 0.1) is 0 Å². The minimum atomic E-state index is -6.54. The van der Waals surface area contributed by atoms with Gasteiger partial charge >= 0.3 is 18.0 Å². The topological polar surface area (TPSA) is 38.1 Å². The van der Waals surface area contributed by atoms with E-state index >= 15 is 0 Å². The fraction of sp³-hybridized carbons (Fsp3) is 0.600. The van der Waals surface area contributed by atoms with Crippen molar-refractivity contribution in [2.24, 2.45) is 7.05 Å². The zero-order valence-corrected chi connectivity index (χ0v) is 10.8. The molecule has 0 unspecified atom stereocenters. The van der Waals surface area contributed by atoms with E-state index in [1.807, 2.05) is 0 Å². The van der Waals surface area contributed by atoms with E-state index in [0.29, 0.717) is 7.05 Å². The lowest BCUT2D eigenvalue weighted by Crippen LogP contribution is -2.59. The number of alkyl halides is 7. The van der Waals surface area contributed by atoms with Gasteiger partial charge in [-0.25, -0.2) is 0 Å². The van der Waals surface area contributed by atoms with E-state index in [4.69, 9.17) is 0 Å². The second-order valence-electron chi connectivity index (χ2n) is 4.25. The van der Waals surface area contributed by atoms with Gasteiger partial charge in [0.25, 0.3) is 5.91 Å². The van der Waals surface area contributed by atoms with Crippen molar-refractivity contribution >= 4 is 5.91 Å². The average molecular weight is 321 g/mol. The maximum absolute atomic E-state index is 13.2. The SMILES string of the molecule is CN(Cc1ccnn1C)C(=O)C(F)(F)C(F)(F)C(F)(F)F. The highest BCUT2D eigenvalue weighted by atomic mass is 19.4. The Balaban J connectivity index is 2.98. The van der Waals surface area contributed by atoms with Crippen molar-refractivity contribution in [2.75, 3.05) is 7.05 Å². The number of rotatable bonds is 4. The number of aromatic nitrogens is 2. The summed E-state index contributed by atoms with van der Waals surface area (Å²) in [6.07, 6.45) is -5.30. The summed E-state index contributed by atoms with van der Waals surface area (Å²) in [7, 11) is 2.08. The van der Waals surface area contributed by atoms with Crippen LogP contribution < -0.4 is 0 Å². The van der Waals surface area contributed by atoms with E-state index in [1.54, 1.807) is 0 Å². The molecule has 0 saturated carbocycles. The van der Waals surface area contributed by atoms with Gasteiger partial charge in [-0.05, 0) is 6.07 Å². The molecule has 0 radical (unpaired) electrons. The molecule has 0 saturated heterocycles. The second-order valence-corrected chi connectivity index (χ2v) is 4.25. The summed E-state index contributed by atoms with van der Waals surface area (Å²) in [6, 6.07) is 1.30. The molecule has 1 amide bonds. The van der Waals surface area contributed by atoms with Crippen molar-refractivity contribution in [1.82, 2.24) is 14.7 Å². The number of nitrogens with zero attached hydrogens (tertiary/aromatic N) is 3. The first kappa shape index (κ1) is 17.2. The molecule has 0 N–H and O–H groups in total. The van der Waals surface area contributed by atoms with Gasteiger partial charge in [-0.3, -0.25) is 9.48 Å². The minimum absolute atomic E-state index is 0.0800. The lowest BCUT2D eigenvalue weighted by atomic mass is 10.1. The first-order valence-corrected chi connectivity index (χ1v) is 5.37. The van der Waals surface area contributed by atoms with Crippen LogP contribution in [-0.4, -0.2) is 45.7 Å². The summed E-state index contributed by atoms with van der Waals surface area (Å²) in [5, 5.41) is 3.64. The second kappa shape index (κ2) is 5.19. The molecule has 120 valence electrons. The van der Waals surface area contributed by atoms with Crippen LogP contribution in [0.25, 0.3) is 0 Å². The first-order chi connectivity index (χ1) is 9.32. The normalized spacial score (nSPS) is 13.4. The summed E-state index contributed by atoms with van der Waals surface area (Å²) in [4.78, 5) is 11.3. The Hall–Kier alpha value is -1.81. The number of carbonyl (C=O) groups is 1. The number of halogens is 7. The Labute approximate surface area is 114 Å². The number of hydrogen-bond acceptors (Lipinski definition) is 2. The summed E-state index contributed by atoms with van der Waals surface area (Å²) in [6.45, 7) is -0.598. The molecule has 0 aromatic carbocycles. The van der Waals surface area contributed by atoms with E-state index < -0.39 is 30.5 Å². The Morgan fingerprint density at radius 2 is 1.76 bits per heavy atom. The predicted octanol–water partition coefficient (Wildman–Crippen LogP) is 2.21.